The van der Waals surface area contributed by atoms with E-state index in [1.165, 1.54) is 0 Å². The maximum absolute atomic E-state index is 12.6. The Balaban J connectivity index is 2.21. The van der Waals surface area contributed by atoms with Gasteiger partial charge >= 0.3 is 0 Å². The van der Waals surface area contributed by atoms with E-state index in [1.807, 2.05) is 30.3 Å². The standard InChI is InChI=1S/C20H32N2O3SSi/c1-6-7-18-12-13-22(16-17-8-10-19(25-2)11-9-17)20(18)21-26(23,24)14-15-27(3,4)5/h6,8-11,18H,1,7,12-16H2,2-5H3/b21-20+. The molecular weight excluding hydrogens is 376 g/mol. The van der Waals surface area contributed by atoms with E-state index in [0.29, 0.717) is 12.4 Å². The lowest BCUT2D eigenvalue weighted by Crippen LogP contribution is -2.29. The highest BCUT2D eigenvalue weighted by atomic mass is 32.2. The first-order chi connectivity index (χ1) is 12.6. The second-order valence-electron chi connectivity index (χ2n) is 8.33. The van der Waals surface area contributed by atoms with Crippen LogP contribution >= 0.6 is 0 Å². The zero-order valence-electron chi connectivity index (χ0n) is 16.9. The second-order valence-corrected chi connectivity index (χ2v) is 15.7. The summed E-state index contributed by atoms with van der Waals surface area (Å²) in [5, 5.41) is 0. The van der Waals surface area contributed by atoms with Gasteiger partial charge in [-0.2, -0.15) is 4.40 Å². The van der Waals surface area contributed by atoms with Crippen molar-refractivity contribution in [1.82, 2.24) is 4.90 Å². The number of hydrogen-bond donors (Lipinski definition) is 0. The SMILES string of the molecule is C=CCC1CCN(Cc2ccc(OC)cc2)/C1=N/S(=O)(=O)CC[Si](C)(C)C. The molecule has 150 valence electrons. The van der Waals surface area contributed by atoms with Gasteiger partial charge in [-0.25, -0.2) is 8.42 Å². The number of hydrogen-bond acceptors (Lipinski definition) is 3. The zero-order valence-corrected chi connectivity index (χ0v) is 18.8. The molecule has 2 rings (SSSR count). The van der Waals surface area contributed by atoms with Crippen LogP contribution in [0.2, 0.25) is 25.7 Å². The lowest BCUT2D eigenvalue weighted by Gasteiger charge is -2.21. The number of amidine groups is 1. The monoisotopic (exact) mass is 408 g/mol. The average Bonchev–Trinajstić information content (AvgIpc) is 2.95. The van der Waals surface area contributed by atoms with Crippen LogP contribution in [-0.4, -0.2) is 46.6 Å². The molecule has 27 heavy (non-hydrogen) atoms. The summed E-state index contributed by atoms with van der Waals surface area (Å²) in [6.07, 6.45) is 3.51. The molecule has 1 unspecified atom stereocenters. The van der Waals surface area contributed by atoms with Gasteiger partial charge in [-0.3, -0.25) is 0 Å². The summed E-state index contributed by atoms with van der Waals surface area (Å²) in [6, 6.07) is 8.60. The highest BCUT2D eigenvalue weighted by Gasteiger charge is 2.31. The minimum atomic E-state index is -3.46. The van der Waals surface area contributed by atoms with Crippen LogP contribution in [-0.2, 0) is 16.6 Å². The number of benzene rings is 1. The summed E-state index contributed by atoms with van der Waals surface area (Å²) >= 11 is 0. The van der Waals surface area contributed by atoms with Gasteiger partial charge in [0.1, 0.15) is 11.6 Å². The molecule has 1 atom stereocenters. The Morgan fingerprint density at radius 2 is 1.96 bits per heavy atom. The van der Waals surface area contributed by atoms with Crippen molar-refractivity contribution in [3.05, 3.63) is 42.5 Å². The third-order valence-electron chi connectivity index (χ3n) is 4.76. The van der Waals surface area contributed by atoms with Crippen LogP contribution in [0.4, 0.5) is 0 Å². The smallest absolute Gasteiger partial charge is 0.254 e. The van der Waals surface area contributed by atoms with Crippen LogP contribution < -0.4 is 4.74 Å². The molecule has 0 spiro atoms. The Morgan fingerprint density at radius 3 is 2.52 bits per heavy atom. The number of allylic oxidation sites excluding steroid dienone is 1. The molecule has 0 radical (unpaired) electrons. The van der Waals surface area contributed by atoms with E-state index in [2.05, 4.69) is 35.5 Å². The first kappa shape index (κ1) is 21.7. The van der Waals surface area contributed by atoms with Gasteiger partial charge < -0.3 is 9.64 Å². The lowest BCUT2D eigenvalue weighted by atomic mass is 10.0. The molecule has 0 N–H and O–H groups in total. The maximum atomic E-state index is 12.6. The Kier molecular flexibility index (Phi) is 7.28. The van der Waals surface area contributed by atoms with Crippen molar-refractivity contribution in [2.24, 2.45) is 10.3 Å². The summed E-state index contributed by atoms with van der Waals surface area (Å²) in [5.74, 6) is 1.78. The summed E-state index contributed by atoms with van der Waals surface area (Å²) in [4.78, 5) is 2.10. The second kappa shape index (κ2) is 9.06. The maximum Gasteiger partial charge on any atom is 0.254 e. The Morgan fingerprint density at radius 1 is 1.30 bits per heavy atom. The molecular formula is C20H32N2O3SSi. The van der Waals surface area contributed by atoms with Crippen molar-refractivity contribution in [2.45, 2.75) is 45.1 Å². The van der Waals surface area contributed by atoms with E-state index in [4.69, 9.17) is 4.74 Å². The largest absolute Gasteiger partial charge is 0.497 e. The van der Waals surface area contributed by atoms with Gasteiger partial charge in [0.25, 0.3) is 10.0 Å². The molecule has 1 aromatic rings. The fourth-order valence-corrected chi connectivity index (χ4v) is 7.23. The number of likely N-dealkylation sites (tertiary alicyclic amines) is 1. The van der Waals surface area contributed by atoms with E-state index in [9.17, 15) is 8.42 Å². The minimum absolute atomic E-state index is 0.127. The van der Waals surface area contributed by atoms with E-state index < -0.39 is 18.1 Å². The molecule has 1 fully saturated rings. The average molecular weight is 409 g/mol. The summed E-state index contributed by atoms with van der Waals surface area (Å²) in [5.41, 5.74) is 1.11. The van der Waals surface area contributed by atoms with E-state index in [-0.39, 0.29) is 11.7 Å². The first-order valence-electron chi connectivity index (χ1n) is 9.45. The molecule has 0 bridgehead atoms. The Hall–Kier alpha value is -1.60. The molecule has 1 aromatic carbocycles. The number of rotatable bonds is 9. The fraction of sp³-hybridized carbons (Fsp3) is 0.550. The molecule has 1 saturated heterocycles. The van der Waals surface area contributed by atoms with Crippen molar-refractivity contribution in [2.75, 3.05) is 19.4 Å². The van der Waals surface area contributed by atoms with Crippen LogP contribution in [0.25, 0.3) is 0 Å². The molecule has 0 saturated carbocycles. The predicted molar refractivity (Wildman–Crippen MR) is 116 cm³/mol. The van der Waals surface area contributed by atoms with Crippen molar-refractivity contribution in [1.29, 1.82) is 0 Å². The van der Waals surface area contributed by atoms with Gasteiger partial charge in [-0.05, 0) is 36.6 Å². The molecule has 7 heteroatoms. The topological polar surface area (TPSA) is 59.0 Å². The van der Waals surface area contributed by atoms with Gasteiger partial charge in [-0.15, -0.1) is 6.58 Å². The van der Waals surface area contributed by atoms with E-state index in [1.54, 1.807) is 7.11 Å². The number of methoxy groups -OCH3 is 1. The van der Waals surface area contributed by atoms with Gasteiger partial charge in [0, 0.05) is 27.1 Å². The minimum Gasteiger partial charge on any atom is -0.497 e. The number of nitrogens with zero attached hydrogens (tertiary/aromatic N) is 2. The summed E-state index contributed by atoms with van der Waals surface area (Å²) in [7, 11) is -3.25. The fourth-order valence-electron chi connectivity index (χ4n) is 3.10. The van der Waals surface area contributed by atoms with E-state index >= 15 is 0 Å². The Bertz CT molecular complexity index is 767. The number of ether oxygens (including phenoxy) is 1. The number of sulfonamides is 1. The quantitative estimate of drug-likeness (QED) is 0.455. The molecule has 0 aliphatic carbocycles. The zero-order chi connectivity index (χ0) is 20.1. The Labute approximate surface area is 165 Å². The predicted octanol–water partition coefficient (Wildman–Crippen LogP) is 4.16. The third kappa shape index (κ3) is 6.81. The van der Waals surface area contributed by atoms with Gasteiger partial charge in [0.15, 0.2) is 0 Å². The highest BCUT2D eigenvalue weighted by molar-refractivity contribution is 7.90. The van der Waals surface area contributed by atoms with Crippen LogP contribution in [0.3, 0.4) is 0 Å². The van der Waals surface area contributed by atoms with Crippen LogP contribution in [0.15, 0.2) is 41.3 Å². The van der Waals surface area contributed by atoms with Crippen LogP contribution in [0, 0.1) is 5.92 Å². The molecule has 0 amide bonds. The van der Waals surface area contributed by atoms with Gasteiger partial charge in [0.2, 0.25) is 0 Å². The highest BCUT2D eigenvalue weighted by Crippen LogP contribution is 2.26. The molecule has 1 aliphatic rings. The van der Waals surface area contributed by atoms with Crippen molar-refractivity contribution in [3.8, 4) is 5.75 Å². The first-order valence-corrected chi connectivity index (χ1v) is 14.8. The molecule has 0 aromatic heterocycles. The van der Waals surface area contributed by atoms with E-state index in [0.717, 1.165) is 36.7 Å². The van der Waals surface area contributed by atoms with Crippen molar-refractivity contribution < 1.29 is 13.2 Å². The van der Waals surface area contributed by atoms with Crippen LogP contribution in [0.1, 0.15) is 18.4 Å². The molecule has 5 nitrogen and oxygen atoms in total. The van der Waals surface area contributed by atoms with Crippen LogP contribution in [0.5, 0.6) is 5.75 Å². The van der Waals surface area contributed by atoms with Gasteiger partial charge in [0.05, 0.1) is 12.9 Å². The summed E-state index contributed by atoms with van der Waals surface area (Å²) in [6.45, 7) is 11.8. The lowest BCUT2D eigenvalue weighted by molar-refractivity contribution is 0.413. The normalized spacial score (nSPS) is 19.5. The van der Waals surface area contributed by atoms with Crippen molar-refractivity contribution >= 4 is 23.9 Å². The summed E-state index contributed by atoms with van der Waals surface area (Å²) < 4.78 is 34.8. The van der Waals surface area contributed by atoms with Gasteiger partial charge in [-0.1, -0.05) is 37.8 Å². The van der Waals surface area contributed by atoms with Crippen molar-refractivity contribution in [3.63, 3.8) is 0 Å². The third-order valence-corrected chi connectivity index (χ3v) is 8.06. The molecule has 1 aliphatic heterocycles. The molecule has 1 heterocycles.